The molecule has 2 heterocycles. The average Bonchev–Trinajstić information content (AvgIpc) is 3.18. The molecule has 160 valence electrons. The number of rotatable bonds is 7. The molecule has 0 N–H and O–H groups in total. The highest BCUT2D eigenvalue weighted by Crippen LogP contribution is 2.22. The third-order valence-corrected chi connectivity index (χ3v) is 6.36. The lowest BCUT2D eigenvalue weighted by Gasteiger charge is -2.31. The van der Waals surface area contributed by atoms with Crippen molar-refractivity contribution in [2.75, 3.05) is 19.6 Å². The second-order valence-electron chi connectivity index (χ2n) is 8.39. The average molecular weight is 435 g/mol. The first kappa shape index (κ1) is 21.5. The van der Waals surface area contributed by atoms with Gasteiger partial charge in [0.1, 0.15) is 0 Å². The van der Waals surface area contributed by atoms with Crippen molar-refractivity contribution in [1.82, 2.24) is 9.47 Å². The molecule has 31 heavy (non-hydrogen) atoms. The van der Waals surface area contributed by atoms with E-state index in [0.29, 0.717) is 34.3 Å². The first-order valence-electron chi connectivity index (χ1n) is 10.8. The number of ketones is 2. The number of nitrogens with zero attached hydrogens (tertiary/aromatic N) is 2. The number of benzene rings is 2. The number of carbonyl (C=O) groups is 2. The second kappa shape index (κ2) is 9.63. The molecule has 1 aromatic heterocycles. The van der Waals surface area contributed by atoms with Gasteiger partial charge in [-0.05, 0) is 74.2 Å². The van der Waals surface area contributed by atoms with E-state index in [0.717, 1.165) is 32.4 Å². The predicted molar refractivity (Wildman–Crippen MR) is 124 cm³/mol. The molecule has 4 nitrogen and oxygen atoms in total. The van der Waals surface area contributed by atoms with Crippen molar-refractivity contribution in [3.8, 4) is 0 Å². The van der Waals surface area contributed by atoms with Crippen molar-refractivity contribution in [3.05, 3.63) is 94.3 Å². The predicted octanol–water partition coefficient (Wildman–Crippen LogP) is 5.05. The topological polar surface area (TPSA) is 42.3 Å². The molecule has 1 aliphatic rings. The fourth-order valence-electron chi connectivity index (χ4n) is 4.28. The number of aromatic nitrogens is 1. The molecule has 1 aliphatic heterocycles. The minimum absolute atomic E-state index is 0.0623. The molecule has 5 heteroatoms. The molecule has 0 aliphatic carbocycles. The van der Waals surface area contributed by atoms with Gasteiger partial charge in [0.25, 0.3) is 0 Å². The first-order chi connectivity index (χ1) is 15.0. The zero-order valence-electron chi connectivity index (χ0n) is 17.8. The van der Waals surface area contributed by atoms with Gasteiger partial charge in [-0.3, -0.25) is 14.5 Å². The van der Waals surface area contributed by atoms with E-state index >= 15 is 0 Å². The number of Topliss-reactive ketones (excluding diaryl/α,β-unsaturated/α-hetero) is 1. The second-order valence-corrected chi connectivity index (χ2v) is 8.83. The summed E-state index contributed by atoms with van der Waals surface area (Å²) in [6, 6.07) is 19.1. The Morgan fingerprint density at radius 3 is 2.32 bits per heavy atom. The van der Waals surface area contributed by atoms with Gasteiger partial charge in [-0.2, -0.15) is 0 Å². The molecule has 4 rings (SSSR count). The van der Waals surface area contributed by atoms with Crippen LogP contribution >= 0.6 is 11.6 Å². The van der Waals surface area contributed by atoms with Crippen molar-refractivity contribution in [1.29, 1.82) is 0 Å². The molecule has 1 saturated heterocycles. The molecule has 0 amide bonds. The van der Waals surface area contributed by atoms with Crippen LogP contribution in [0.4, 0.5) is 0 Å². The van der Waals surface area contributed by atoms with E-state index in [1.807, 2.05) is 0 Å². The largest absolute Gasteiger partial charge is 0.347 e. The van der Waals surface area contributed by atoms with E-state index in [1.54, 1.807) is 48.1 Å². The van der Waals surface area contributed by atoms with Gasteiger partial charge in [0.2, 0.25) is 5.78 Å². The number of hydrogen-bond acceptors (Lipinski definition) is 3. The lowest BCUT2D eigenvalue weighted by Crippen LogP contribution is -2.37. The summed E-state index contributed by atoms with van der Waals surface area (Å²) >= 11 is 5.92. The Balaban J connectivity index is 1.34. The molecule has 3 aromatic rings. The third kappa shape index (κ3) is 5.33. The summed E-state index contributed by atoms with van der Waals surface area (Å²) in [5.41, 5.74) is 3.04. The SMILES string of the molecule is Cn1cc(C(=O)CN2CCC(Cc3ccccc3)CC2)cc1C(=O)c1ccc(Cl)cc1. The van der Waals surface area contributed by atoms with Gasteiger partial charge in [-0.15, -0.1) is 0 Å². The molecule has 0 bridgehead atoms. The van der Waals surface area contributed by atoms with Crippen LogP contribution in [-0.4, -0.2) is 40.7 Å². The normalized spacial score (nSPS) is 15.2. The molecule has 0 radical (unpaired) electrons. The maximum absolute atomic E-state index is 12.9. The van der Waals surface area contributed by atoms with Crippen LogP contribution in [0.1, 0.15) is 44.8 Å². The summed E-state index contributed by atoms with van der Waals surface area (Å²) in [6.45, 7) is 2.27. The van der Waals surface area contributed by atoms with Crippen LogP contribution in [0, 0.1) is 5.92 Å². The van der Waals surface area contributed by atoms with Gasteiger partial charge in [-0.25, -0.2) is 0 Å². The van der Waals surface area contributed by atoms with Crippen molar-refractivity contribution in [2.24, 2.45) is 13.0 Å². The maximum Gasteiger partial charge on any atom is 0.209 e. The highest BCUT2D eigenvalue weighted by Gasteiger charge is 2.23. The number of piperidine rings is 1. The molecule has 0 atom stereocenters. The van der Waals surface area contributed by atoms with Crippen LogP contribution in [0.3, 0.4) is 0 Å². The standard InChI is InChI=1S/C26H27ClN2O2/c1-28-17-22(16-24(28)26(31)21-7-9-23(27)10-8-21)25(30)18-29-13-11-20(12-14-29)15-19-5-3-2-4-6-19/h2-10,16-17,20H,11-15,18H2,1H3. The van der Waals surface area contributed by atoms with E-state index < -0.39 is 0 Å². The van der Waals surface area contributed by atoms with E-state index in [2.05, 4.69) is 35.2 Å². The van der Waals surface area contributed by atoms with Crippen LogP contribution < -0.4 is 0 Å². The Morgan fingerprint density at radius 1 is 0.968 bits per heavy atom. The Hall–Kier alpha value is -2.69. The van der Waals surface area contributed by atoms with E-state index in [9.17, 15) is 9.59 Å². The van der Waals surface area contributed by atoms with E-state index in [4.69, 9.17) is 11.6 Å². The Morgan fingerprint density at radius 2 is 1.65 bits per heavy atom. The highest BCUT2D eigenvalue weighted by molar-refractivity contribution is 6.30. The molecule has 1 fully saturated rings. The van der Waals surface area contributed by atoms with Crippen LogP contribution in [0.15, 0.2) is 66.9 Å². The maximum atomic E-state index is 12.9. The third-order valence-electron chi connectivity index (χ3n) is 6.11. The zero-order chi connectivity index (χ0) is 21.8. The fraction of sp³-hybridized carbons (Fsp3) is 0.308. The lowest BCUT2D eigenvalue weighted by molar-refractivity contribution is 0.0895. The number of aryl methyl sites for hydroxylation is 1. The number of likely N-dealkylation sites (tertiary alicyclic amines) is 1. The minimum Gasteiger partial charge on any atom is -0.347 e. The van der Waals surface area contributed by atoms with E-state index in [1.165, 1.54) is 5.56 Å². The van der Waals surface area contributed by atoms with Gasteiger partial charge < -0.3 is 4.57 Å². The van der Waals surface area contributed by atoms with Crippen molar-refractivity contribution in [2.45, 2.75) is 19.3 Å². The summed E-state index contributed by atoms with van der Waals surface area (Å²) in [4.78, 5) is 27.9. The number of carbonyl (C=O) groups excluding carboxylic acids is 2. The van der Waals surface area contributed by atoms with Crippen LogP contribution in [0.2, 0.25) is 5.02 Å². The van der Waals surface area contributed by atoms with Gasteiger partial charge in [-0.1, -0.05) is 41.9 Å². The number of hydrogen-bond donors (Lipinski definition) is 0. The molecular formula is C26H27ClN2O2. The van der Waals surface area contributed by atoms with E-state index in [-0.39, 0.29) is 11.6 Å². The van der Waals surface area contributed by atoms with Gasteiger partial charge >= 0.3 is 0 Å². The van der Waals surface area contributed by atoms with Crippen LogP contribution in [0.5, 0.6) is 0 Å². The Bertz CT molecular complexity index is 1050. The summed E-state index contributed by atoms with van der Waals surface area (Å²) in [6.07, 6.45) is 5.08. The summed E-state index contributed by atoms with van der Waals surface area (Å²) < 4.78 is 1.73. The van der Waals surface area contributed by atoms with Gasteiger partial charge in [0.15, 0.2) is 5.78 Å². The first-order valence-corrected chi connectivity index (χ1v) is 11.1. The molecule has 2 aromatic carbocycles. The quantitative estimate of drug-likeness (QED) is 0.489. The van der Waals surface area contributed by atoms with Crippen LogP contribution in [-0.2, 0) is 13.5 Å². The van der Waals surface area contributed by atoms with Gasteiger partial charge in [0.05, 0.1) is 12.2 Å². The minimum atomic E-state index is -0.111. The number of halogens is 1. The fourth-order valence-corrected chi connectivity index (χ4v) is 4.41. The highest BCUT2D eigenvalue weighted by atomic mass is 35.5. The van der Waals surface area contributed by atoms with Crippen molar-refractivity contribution < 1.29 is 9.59 Å². The Kier molecular flexibility index (Phi) is 6.69. The van der Waals surface area contributed by atoms with Crippen molar-refractivity contribution in [3.63, 3.8) is 0 Å². The smallest absolute Gasteiger partial charge is 0.209 e. The summed E-state index contributed by atoms with van der Waals surface area (Å²) in [7, 11) is 1.80. The molecule has 0 saturated carbocycles. The van der Waals surface area contributed by atoms with Crippen molar-refractivity contribution >= 4 is 23.2 Å². The summed E-state index contributed by atoms with van der Waals surface area (Å²) in [5.74, 6) is 0.626. The monoisotopic (exact) mass is 434 g/mol. The Labute approximate surface area is 188 Å². The van der Waals surface area contributed by atoms with Crippen LogP contribution in [0.25, 0.3) is 0 Å². The van der Waals surface area contributed by atoms with Gasteiger partial charge in [0, 0.05) is 29.4 Å². The molecular weight excluding hydrogens is 408 g/mol. The molecule has 0 unspecified atom stereocenters. The lowest BCUT2D eigenvalue weighted by atomic mass is 9.90. The molecule has 0 spiro atoms. The summed E-state index contributed by atoms with van der Waals surface area (Å²) in [5, 5.41) is 0.590. The zero-order valence-corrected chi connectivity index (χ0v) is 18.5.